The fourth-order valence-electron chi connectivity index (χ4n) is 1.59. The van der Waals surface area contributed by atoms with Crippen LogP contribution in [0, 0.1) is 11.3 Å². The van der Waals surface area contributed by atoms with Crippen molar-refractivity contribution < 1.29 is 4.79 Å². The minimum Gasteiger partial charge on any atom is -0.298 e. The zero-order chi connectivity index (χ0) is 10.4. The molecule has 0 spiro atoms. The summed E-state index contributed by atoms with van der Waals surface area (Å²) < 4.78 is -1.37. The molecule has 2 atom stereocenters. The van der Waals surface area contributed by atoms with Gasteiger partial charge in [0.15, 0.2) is 9.58 Å². The summed E-state index contributed by atoms with van der Waals surface area (Å²) in [5, 5.41) is -0.440. The van der Waals surface area contributed by atoms with Gasteiger partial charge in [0.2, 0.25) is 0 Å². The largest absolute Gasteiger partial charge is 0.298 e. The van der Waals surface area contributed by atoms with Gasteiger partial charge < -0.3 is 0 Å². The van der Waals surface area contributed by atoms with Gasteiger partial charge in [-0.25, -0.2) is 0 Å². The number of alkyl halides is 4. The van der Waals surface area contributed by atoms with Gasteiger partial charge in [0.05, 0.1) is 5.38 Å². The standard InChI is InChI=1S/C8H10Cl4O/c1-7(2)4(3-8(10,11)12)5(13)6(7)9/h4,6H,3H2,1-2H3/t4-,6+/m1/s1. The highest BCUT2D eigenvalue weighted by Gasteiger charge is 2.56. The number of carbonyl (C=O) groups excluding carboxylic acids is 1. The van der Waals surface area contributed by atoms with Crippen molar-refractivity contribution in [1.29, 1.82) is 0 Å². The fraction of sp³-hybridized carbons (Fsp3) is 0.875. The summed E-state index contributed by atoms with van der Waals surface area (Å²) in [7, 11) is 0. The number of rotatable bonds is 1. The van der Waals surface area contributed by atoms with Gasteiger partial charge in [-0.05, 0) is 5.41 Å². The average molecular weight is 264 g/mol. The highest BCUT2D eigenvalue weighted by Crippen LogP contribution is 2.52. The van der Waals surface area contributed by atoms with Crippen LogP contribution in [0.4, 0.5) is 0 Å². The molecule has 1 fully saturated rings. The minimum absolute atomic E-state index is 0.0157. The van der Waals surface area contributed by atoms with Gasteiger partial charge in [-0.2, -0.15) is 0 Å². The number of carbonyl (C=O) groups is 1. The molecule has 76 valence electrons. The third kappa shape index (κ3) is 2.26. The Labute approximate surface area is 97.7 Å². The van der Waals surface area contributed by atoms with E-state index in [4.69, 9.17) is 46.4 Å². The van der Waals surface area contributed by atoms with E-state index in [9.17, 15) is 4.79 Å². The number of hydrogen-bond acceptors (Lipinski definition) is 1. The lowest BCUT2D eigenvalue weighted by atomic mass is 9.60. The van der Waals surface area contributed by atoms with Crippen LogP contribution >= 0.6 is 46.4 Å². The van der Waals surface area contributed by atoms with Crippen LogP contribution in [0.25, 0.3) is 0 Å². The maximum Gasteiger partial charge on any atom is 0.191 e. The molecule has 1 aliphatic carbocycles. The predicted molar refractivity (Wildman–Crippen MR) is 56.8 cm³/mol. The number of ketones is 1. The van der Waals surface area contributed by atoms with Crippen LogP contribution in [0.3, 0.4) is 0 Å². The van der Waals surface area contributed by atoms with Crippen LogP contribution in [0.15, 0.2) is 0 Å². The van der Waals surface area contributed by atoms with Crippen LogP contribution in [-0.2, 0) is 4.79 Å². The monoisotopic (exact) mass is 262 g/mol. The minimum atomic E-state index is -1.37. The Morgan fingerprint density at radius 3 is 2.15 bits per heavy atom. The maximum atomic E-state index is 11.3. The zero-order valence-corrected chi connectivity index (χ0v) is 10.3. The van der Waals surface area contributed by atoms with Crippen molar-refractivity contribution in [2.75, 3.05) is 0 Å². The summed E-state index contributed by atoms with van der Waals surface area (Å²) in [4.78, 5) is 11.3. The van der Waals surface area contributed by atoms with E-state index in [1.54, 1.807) is 0 Å². The molecule has 0 saturated heterocycles. The Morgan fingerprint density at radius 2 is 1.85 bits per heavy atom. The summed E-state index contributed by atoms with van der Waals surface area (Å²) in [6, 6.07) is 0. The first-order chi connectivity index (χ1) is 5.66. The van der Waals surface area contributed by atoms with Crippen molar-refractivity contribution in [2.45, 2.75) is 29.4 Å². The van der Waals surface area contributed by atoms with Crippen molar-refractivity contribution in [2.24, 2.45) is 11.3 Å². The second-order valence-electron chi connectivity index (χ2n) is 3.96. The summed E-state index contributed by atoms with van der Waals surface area (Å²) >= 11 is 22.7. The summed E-state index contributed by atoms with van der Waals surface area (Å²) in [6.07, 6.45) is 0.243. The molecule has 0 aromatic carbocycles. The number of halogens is 4. The second kappa shape index (κ2) is 3.44. The SMILES string of the molecule is CC1(C)[C@H](CC(Cl)(Cl)Cl)C(=O)[C@@H]1Cl. The van der Waals surface area contributed by atoms with Crippen LogP contribution in [0.1, 0.15) is 20.3 Å². The molecule has 0 bridgehead atoms. The van der Waals surface area contributed by atoms with Gasteiger partial charge in [0.25, 0.3) is 0 Å². The maximum absolute atomic E-state index is 11.3. The van der Waals surface area contributed by atoms with E-state index in [1.165, 1.54) is 0 Å². The number of hydrogen-bond donors (Lipinski definition) is 0. The van der Waals surface area contributed by atoms with E-state index >= 15 is 0 Å². The quantitative estimate of drug-likeness (QED) is 0.661. The molecule has 1 saturated carbocycles. The first-order valence-electron chi connectivity index (χ1n) is 3.91. The zero-order valence-electron chi connectivity index (χ0n) is 7.28. The van der Waals surface area contributed by atoms with Crippen LogP contribution < -0.4 is 0 Å². The Morgan fingerprint density at radius 1 is 1.38 bits per heavy atom. The van der Waals surface area contributed by atoms with Gasteiger partial charge in [-0.1, -0.05) is 48.7 Å². The van der Waals surface area contributed by atoms with Gasteiger partial charge in [0.1, 0.15) is 0 Å². The highest BCUT2D eigenvalue weighted by atomic mass is 35.6. The van der Waals surface area contributed by atoms with E-state index in [1.807, 2.05) is 13.8 Å². The first kappa shape index (κ1) is 11.9. The molecule has 1 nitrogen and oxygen atoms in total. The molecule has 5 heteroatoms. The molecule has 0 heterocycles. The van der Waals surface area contributed by atoms with Crippen molar-refractivity contribution in [3.05, 3.63) is 0 Å². The van der Waals surface area contributed by atoms with E-state index in [-0.39, 0.29) is 23.5 Å². The lowest BCUT2D eigenvalue weighted by molar-refractivity contribution is -0.139. The Balaban J connectivity index is 2.68. The van der Waals surface area contributed by atoms with E-state index in [2.05, 4.69) is 0 Å². The molecule has 0 amide bonds. The topological polar surface area (TPSA) is 17.1 Å². The third-order valence-electron chi connectivity index (χ3n) is 2.58. The van der Waals surface area contributed by atoms with Gasteiger partial charge >= 0.3 is 0 Å². The summed E-state index contributed by atoms with van der Waals surface area (Å²) in [6.45, 7) is 3.82. The van der Waals surface area contributed by atoms with Gasteiger partial charge in [0, 0.05) is 12.3 Å². The Kier molecular flexibility index (Phi) is 3.15. The van der Waals surface area contributed by atoms with E-state index < -0.39 is 9.17 Å². The molecule has 0 aromatic heterocycles. The average Bonchev–Trinajstić information content (AvgIpc) is 1.96. The Bertz CT molecular complexity index is 231. The molecule has 0 radical (unpaired) electrons. The molecule has 1 aliphatic rings. The van der Waals surface area contributed by atoms with Crippen LogP contribution in [0.2, 0.25) is 0 Å². The van der Waals surface area contributed by atoms with E-state index in [0.717, 1.165) is 0 Å². The van der Waals surface area contributed by atoms with Crippen molar-refractivity contribution in [1.82, 2.24) is 0 Å². The van der Waals surface area contributed by atoms with Crippen LogP contribution in [-0.4, -0.2) is 15.0 Å². The normalized spacial score (nSPS) is 32.9. The van der Waals surface area contributed by atoms with Crippen LogP contribution in [0.5, 0.6) is 0 Å². The molecule has 1 rings (SSSR count). The molecular formula is C8H10Cl4O. The van der Waals surface area contributed by atoms with Gasteiger partial charge in [-0.15, -0.1) is 11.6 Å². The first-order valence-corrected chi connectivity index (χ1v) is 5.48. The van der Waals surface area contributed by atoms with Gasteiger partial charge in [-0.3, -0.25) is 4.79 Å². The molecule has 0 aromatic rings. The predicted octanol–water partition coefficient (Wildman–Crippen LogP) is 3.58. The summed E-state index contributed by atoms with van der Waals surface area (Å²) in [5.74, 6) is -0.250. The second-order valence-corrected chi connectivity index (χ2v) is 6.91. The number of Topliss-reactive ketones (excluding diaryl/α,β-unsaturated/α-hetero) is 1. The lowest BCUT2D eigenvalue weighted by Crippen LogP contribution is -2.56. The molecule has 0 unspecified atom stereocenters. The molecule has 13 heavy (non-hydrogen) atoms. The fourth-order valence-corrected chi connectivity index (χ4v) is 2.35. The van der Waals surface area contributed by atoms with Crippen molar-refractivity contribution >= 4 is 52.2 Å². The van der Waals surface area contributed by atoms with E-state index in [0.29, 0.717) is 0 Å². The van der Waals surface area contributed by atoms with Crippen molar-refractivity contribution in [3.8, 4) is 0 Å². The smallest absolute Gasteiger partial charge is 0.191 e. The summed E-state index contributed by atoms with van der Waals surface area (Å²) in [5.41, 5.74) is -0.261. The molecular weight excluding hydrogens is 254 g/mol. The highest BCUT2D eigenvalue weighted by molar-refractivity contribution is 6.67. The lowest BCUT2D eigenvalue weighted by Gasteiger charge is -2.48. The third-order valence-corrected chi connectivity index (χ3v) is 3.82. The molecule has 0 aliphatic heterocycles. The Hall–Kier alpha value is 0.830. The van der Waals surface area contributed by atoms with Crippen molar-refractivity contribution in [3.63, 3.8) is 0 Å². The molecule has 0 N–H and O–H groups in total.